The third-order valence-corrected chi connectivity index (χ3v) is 6.50. The lowest BCUT2D eigenvalue weighted by Crippen LogP contribution is -2.21. The number of nitro benzene ring substituents is 1. The van der Waals surface area contributed by atoms with Crippen LogP contribution in [0, 0.1) is 10.1 Å². The number of hydrazone groups is 1. The lowest BCUT2D eigenvalue weighted by atomic mass is 10.1. The maximum atomic E-state index is 12.6. The van der Waals surface area contributed by atoms with E-state index in [-0.39, 0.29) is 17.3 Å². The smallest absolute Gasteiger partial charge is 0.269 e. The Kier molecular flexibility index (Phi) is 8.72. The molecule has 0 aliphatic heterocycles. The molecule has 1 amide bonds. The molecule has 194 valence electrons. The number of carbonyl (C=O) groups excluding carboxylic acids is 1. The van der Waals surface area contributed by atoms with Crippen molar-refractivity contribution in [3.8, 4) is 22.8 Å². The molecule has 1 N–H and O–H groups in total. The van der Waals surface area contributed by atoms with Crippen LogP contribution in [-0.4, -0.2) is 43.7 Å². The molecule has 0 atom stereocenters. The summed E-state index contributed by atoms with van der Waals surface area (Å²) in [6.07, 6.45) is 0. The Bertz CT molecular complexity index is 1450. The van der Waals surface area contributed by atoms with Crippen molar-refractivity contribution in [1.29, 1.82) is 0 Å². The Morgan fingerprint density at radius 3 is 2.39 bits per heavy atom. The lowest BCUT2D eigenvalue weighted by molar-refractivity contribution is -0.384. The van der Waals surface area contributed by atoms with Crippen LogP contribution in [-0.2, 0) is 4.79 Å². The number of nitro groups is 1. The SMILES string of the molecule is CCOc1ccc(-n2c(SCC(=O)NN=C(C)c3ccc([N+](=O)[O-])cc3)nnc2-c2ccc(Cl)cc2)cc1. The lowest BCUT2D eigenvalue weighted by Gasteiger charge is -2.11. The molecule has 0 aliphatic rings. The van der Waals surface area contributed by atoms with Gasteiger partial charge in [-0.25, -0.2) is 5.43 Å². The predicted octanol–water partition coefficient (Wildman–Crippen LogP) is 5.53. The molecule has 3 aromatic carbocycles. The van der Waals surface area contributed by atoms with E-state index in [0.29, 0.717) is 33.9 Å². The monoisotopic (exact) mass is 550 g/mol. The van der Waals surface area contributed by atoms with Gasteiger partial charge in [-0.2, -0.15) is 5.10 Å². The van der Waals surface area contributed by atoms with Crippen molar-refractivity contribution in [2.75, 3.05) is 12.4 Å². The zero-order chi connectivity index (χ0) is 27.1. The normalized spacial score (nSPS) is 11.3. The van der Waals surface area contributed by atoms with Crippen LogP contribution in [0.1, 0.15) is 19.4 Å². The van der Waals surface area contributed by atoms with Crippen LogP contribution in [0.4, 0.5) is 5.69 Å². The van der Waals surface area contributed by atoms with Crippen LogP contribution >= 0.6 is 23.4 Å². The molecule has 0 aliphatic carbocycles. The summed E-state index contributed by atoms with van der Waals surface area (Å²) in [5.74, 6) is 1.03. The van der Waals surface area contributed by atoms with Crippen molar-refractivity contribution in [1.82, 2.24) is 20.2 Å². The number of nitrogens with one attached hydrogen (secondary N) is 1. The first kappa shape index (κ1) is 26.8. The number of amides is 1. The van der Waals surface area contributed by atoms with Crippen molar-refractivity contribution in [3.05, 3.63) is 93.5 Å². The molecule has 1 aromatic heterocycles. The van der Waals surface area contributed by atoms with E-state index in [1.807, 2.05) is 47.9 Å². The third kappa shape index (κ3) is 6.55. The first-order valence-electron chi connectivity index (χ1n) is 11.5. The summed E-state index contributed by atoms with van der Waals surface area (Å²) in [7, 11) is 0. The molecule has 38 heavy (non-hydrogen) atoms. The van der Waals surface area contributed by atoms with Gasteiger partial charge in [0.05, 0.1) is 23.0 Å². The van der Waals surface area contributed by atoms with Crippen LogP contribution in [0.25, 0.3) is 17.1 Å². The molecule has 1 heterocycles. The summed E-state index contributed by atoms with van der Waals surface area (Å²) in [6.45, 7) is 4.18. The molecule has 0 radical (unpaired) electrons. The average Bonchev–Trinajstić information content (AvgIpc) is 3.35. The first-order chi connectivity index (χ1) is 18.4. The van der Waals surface area contributed by atoms with Crippen LogP contribution < -0.4 is 10.2 Å². The summed E-state index contributed by atoms with van der Waals surface area (Å²) >= 11 is 7.27. The number of halogens is 1. The molecule has 12 heteroatoms. The Morgan fingerprint density at radius 2 is 1.76 bits per heavy atom. The van der Waals surface area contributed by atoms with E-state index in [4.69, 9.17) is 16.3 Å². The quantitative estimate of drug-likeness (QED) is 0.119. The minimum absolute atomic E-state index is 0.0170. The van der Waals surface area contributed by atoms with Gasteiger partial charge >= 0.3 is 0 Å². The Morgan fingerprint density at radius 1 is 1.08 bits per heavy atom. The maximum Gasteiger partial charge on any atom is 0.269 e. The van der Waals surface area contributed by atoms with Crippen LogP contribution in [0.5, 0.6) is 5.75 Å². The summed E-state index contributed by atoms with van der Waals surface area (Å²) in [4.78, 5) is 22.9. The number of hydrogen-bond acceptors (Lipinski definition) is 8. The number of thioether (sulfide) groups is 1. The summed E-state index contributed by atoms with van der Waals surface area (Å²) < 4.78 is 7.42. The number of non-ortho nitro benzene ring substituents is 1. The van der Waals surface area contributed by atoms with E-state index >= 15 is 0 Å². The highest BCUT2D eigenvalue weighted by Crippen LogP contribution is 2.29. The highest BCUT2D eigenvalue weighted by atomic mass is 35.5. The number of benzene rings is 3. The molecule has 0 saturated carbocycles. The molecule has 0 saturated heterocycles. The van der Waals surface area contributed by atoms with E-state index in [1.54, 1.807) is 31.2 Å². The van der Waals surface area contributed by atoms with Crippen molar-refractivity contribution >= 4 is 40.7 Å². The fraction of sp³-hybridized carbons (Fsp3) is 0.154. The zero-order valence-electron chi connectivity index (χ0n) is 20.5. The van der Waals surface area contributed by atoms with Gasteiger partial charge in [-0.15, -0.1) is 10.2 Å². The van der Waals surface area contributed by atoms with Crippen LogP contribution in [0.3, 0.4) is 0 Å². The van der Waals surface area contributed by atoms with Gasteiger partial charge in [0.25, 0.3) is 11.6 Å². The van der Waals surface area contributed by atoms with Crippen LogP contribution in [0.2, 0.25) is 5.02 Å². The second-order valence-electron chi connectivity index (χ2n) is 7.90. The number of ether oxygens (including phenoxy) is 1. The Hall–Kier alpha value is -4.22. The van der Waals surface area contributed by atoms with Crippen molar-refractivity contribution in [2.24, 2.45) is 5.10 Å². The number of aromatic nitrogens is 3. The minimum atomic E-state index is -0.473. The highest BCUT2D eigenvalue weighted by molar-refractivity contribution is 7.99. The molecular weight excluding hydrogens is 528 g/mol. The van der Waals surface area contributed by atoms with E-state index in [9.17, 15) is 14.9 Å². The standard InChI is InChI=1S/C26H23ClN6O4S/c1-3-37-23-14-12-21(13-15-23)32-25(19-4-8-20(27)9-5-19)30-31-26(32)38-16-24(34)29-28-17(2)18-6-10-22(11-7-18)33(35)36/h4-15H,3,16H2,1-2H3,(H,29,34). The van der Waals surface area contributed by atoms with Gasteiger partial charge in [-0.3, -0.25) is 19.5 Å². The van der Waals surface area contributed by atoms with E-state index in [1.165, 1.54) is 23.9 Å². The second-order valence-corrected chi connectivity index (χ2v) is 9.28. The number of nitrogens with zero attached hydrogens (tertiary/aromatic N) is 5. The predicted molar refractivity (Wildman–Crippen MR) is 147 cm³/mol. The minimum Gasteiger partial charge on any atom is -0.494 e. The van der Waals surface area contributed by atoms with Gasteiger partial charge in [0.1, 0.15) is 5.75 Å². The molecular formula is C26H23ClN6O4S. The summed E-state index contributed by atoms with van der Waals surface area (Å²) in [5, 5.41) is 24.8. The molecule has 10 nitrogen and oxygen atoms in total. The third-order valence-electron chi connectivity index (χ3n) is 5.32. The number of rotatable bonds is 10. The zero-order valence-corrected chi connectivity index (χ0v) is 22.1. The average molecular weight is 551 g/mol. The summed E-state index contributed by atoms with van der Waals surface area (Å²) in [6, 6.07) is 20.7. The maximum absolute atomic E-state index is 12.6. The Balaban J connectivity index is 1.51. The van der Waals surface area contributed by atoms with Crippen molar-refractivity contribution < 1.29 is 14.5 Å². The van der Waals surface area contributed by atoms with Gasteiger partial charge in [-0.1, -0.05) is 23.4 Å². The van der Waals surface area contributed by atoms with Crippen molar-refractivity contribution in [3.63, 3.8) is 0 Å². The van der Waals surface area contributed by atoms with E-state index < -0.39 is 4.92 Å². The first-order valence-corrected chi connectivity index (χ1v) is 12.9. The Labute approximate surface area is 227 Å². The van der Waals surface area contributed by atoms with Crippen molar-refractivity contribution in [2.45, 2.75) is 19.0 Å². The number of carbonyl (C=O) groups is 1. The fourth-order valence-electron chi connectivity index (χ4n) is 3.44. The molecule has 0 unspecified atom stereocenters. The molecule has 0 spiro atoms. The van der Waals surface area contributed by atoms with E-state index in [2.05, 4.69) is 20.7 Å². The van der Waals surface area contributed by atoms with Crippen LogP contribution in [0.15, 0.2) is 83.1 Å². The number of hydrogen-bond donors (Lipinski definition) is 1. The van der Waals surface area contributed by atoms with Gasteiger partial charge in [0.15, 0.2) is 11.0 Å². The molecule has 0 fully saturated rings. The van der Waals surface area contributed by atoms with Gasteiger partial charge in [0, 0.05) is 28.4 Å². The fourth-order valence-corrected chi connectivity index (χ4v) is 4.31. The molecule has 4 aromatic rings. The van der Waals surface area contributed by atoms with Gasteiger partial charge < -0.3 is 4.74 Å². The highest BCUT2D eigenvalue weighted by Gasteiger charge is 2.18. The van der Waals surface area contributed by atoms with Gasteiger partial charge in [-0.05, 0) is 80.1 Å². The topological polar surface area (TPSA) is 125 Å². The molecule has 0 bridgehead atoms. The molecule has 4 rings (SSSR count). The van der Waals surface area contributed by atoms with Gasteiger partial charge in [0.2, 0.25) is 0 Å². The largest absolute Gasteiger partial charge is 0.494 e. The summed E-state index contributed by atoms with van der Waals surface area (Å²) in [5.41, 5.74) is 5.30. The second kappa shape index (κ2) is 12.3. The van der Waals surface area contributed by atoms with E-state index in [0.717, 1.165) is 17.0 Å².